The molecule has 1 N–H and O–H groups in total. The molecule has 0 unspecified atom stereocenters. The van der Waals surface area contributed by atoms with Gasteiger partial charge in [0.25, 0.3) is 0 Å². The molecule has 1 aromatic heterocycles. The molecule has 1 heterocycles. The molecule has 0 saturated heterocycles. The van der Waals surface area contributed by atoms with E-state index in [1.54, 1.807) is 0 Å². The summed E-state index contributed by atoms with van der Waals surface area (Å²) in [6.07, 6.45) is -4.46. The van der Waals surface area contributed by atoms with Gasteiger partial charge in [-0.15, -0.1) is 0 Å². The molecule has 1 aromatic rings. The number of alkyl halides is 3. The second kappa shape index (κ2) is 6.07. The largest absolute Gasteiger partial charge is 0.480 e. The van der Waals surface area contributed by atoms with E-state index in [0.29, 0.717) is 9.14 Å². The highest BCUT2D eigenvalue weighted by Gasteiger charge is 2.32. The first-order valence-electron chi connectivity index (χ1n) is 4.62. The maximum Gasteiger partial charge on any atom is 0.401 e. The highest BCUT2D eigenvalue weighted by Crippen LogP contribution is 2.28. The quantitative estimate of drug-likeness (QED) is 0.832. The Balaban J connectivity index is 2.74. The van der Waals surface area contributed by atoms with Crippen LogP contribution in [-0.2, 0) is 11.3 Å². The highest BCUT2D eigenvalue weighted by molar-refractivity contribution is 9.13. The molecule has 0 aliphatic carbocycles. The van der Waals surface area contributed by atoms with Crippen LogP contribution < -0.4 is 0 Å². The van der Waals surface area contributed by atoms with Gasteiger partial charge in [-0.3, -0.25) is 9.69 Å². The van der Waals surface area contributed by atoms with Crippen molar-refractivity contribution >= 4 is 37.8 Å². The van der Waals surface area contributed by atoms with Crippen LogP contribution in [0.3, 0.4) is 0 Å². The van der Waals surface area contributed by atoms with Gasteiger partial charge in [-0.2, -0.15) is 13.2 Å². The van der Waals surface area contributed by atoms with Crippen molar-refractivity contribution in [1.82, 2.24) is 4.90 Å². The Morgan fingerprint density at radius 2 is 2.06 bits per heavy atom. The lowest BCUT2D eigenvalue weighted by Crippen LogP contribution is -2.37. The molecule has 9 heteroatoms. The fourth-order valence-electron chi connectivity index (χ4n) is 1.30. The van der Waals surface area contributed by atoms with Crippen molar-refractivity contribution in [3.05, 3.63) is 21.0 Å². The van der Waals surface area contributed by atoms with E-state index < -0.39 is 25.2 Å². The van der Waals surface area contributed by atoms with Crippen LogP contribution in [0.1, 0.15) is 5.76 Å². The van der Waals surface area contributed by atoms with Crippen molar-refractivity contribution in [3.63, 3.8) is 0 Å². The summed E-state index contributed by atoms with van der Waals surface area (Å²) >= 11 is 6.17. The van der Waals surface area contributed by atoms with Crippen molar-refractivity contribution in [3.8, 4) is 0 Å². The van der Waals surface area contributed by atoms with E-state index in [-0.39, 0.29) is 12.3 Å². The Kier molecular flexibility index (Phi) is 5.23. The Morgan fingerprint density at radius 3 is 2.44 bits per heavy atom. The summed E-state index contributed by atoms with van der Waals surface area (Å²) in [6.45, 7) is -2.26. The number of carboxylic acid groups (broad SMARTS) is 1. The summed E-state index contributed by atoms with van der Waals surface area (Å²) in [5, 5.41) is 8.56. The summed E-state index contributed by atoms with van der Waals surface area (Å²) in [5.41, 5.74) is 0. The summed E-state index contributed by atoms with van der Waals surface area (Å²) in [7, 11) is 0. The lowest BCUT2D eigenvalue weighted by Gasteiger charge is -2.20. The average molecular weight is 395 g/mol. The SMILES string of the molecule is O=C(O)CN(Cc1cc(Br)c(Br)o1)CC(F)(F)F. The van der Waals surface area contributed by atoms with E-state index in [1.165, 1.54) is 6.07 Å². The van der Waals surface area contributed by atoms with Crippen LogP contribution in [0.2, 0.25) is 0 Å². The molecule has 0 bridgehead atoms. The Morgan fingerprint density at radius 1 is 1.44 bits per heavy atom. The first kappa shape index (κ1) is 15.5. The molecule has 0 amide bonds. The van der Waals surface area contributed by atoms with Gasteiger partial charge in [0.2, 0.25) is 0 Å². The van der Waals surface area contributed by atoms with E-state index in [2.05, 4.69) is 31.9 Å². The maximum absolute atomic E-state index is 12.3. The first-order valence-corrected chi connectivity index (χ1v) is 6.20. The molecular formula is C9H8Br2F3NO3. The molecule has 18 heavy (non-hydrogen) atoms. The van der Waals surface area contributed by atoms with E-state index in [1.807, 2.05) is 0 Å². The number of furan rings is 1. The molecule has 0 radical (unpaired) electrons. The lowest BCUT2D eigenvalue weighted by atomic mass is 10.3. The molecule has 0 aliphatic heterocycles. The van der Waals surface area contributed by atoms with E-state index in [9.17, 15) is 18.0 Å². The topological polar surface area (TPSA) is 53.7 Å². The molecule has 0 atom stereocenters. The zero-order chi connectivity index (χ0) is 13.9. The van der Waals surface area contributed by atoms with Crippen LogP contribution in [0.25, 0.3) is 0 Å². The molecule has 1 rings (SSSR count). The maximum atomic E-state index is 12.3. The number of aliphatic carboxylic acids is 1. The molecule has 0 saturated carbocycles. The number of carboxylic acids is 1. The third-order valence-corrected chi connectivity index (χ3v) is 3.55. The molecule has 0 spiro atoms. The molecule has 0 fully saturated rings. The lowest BCUT2D eigenvalue weighted by molar-refractivity contribution is -0.155. The number of nitrogens with zero attached hydrogens (tertiary/aromatic N) is 1. The van der Waals surface area contributed by atoms with Gasteiger partial charge in [0, 0.05) is 0 Å². The van der Waals surface area contributed by atoms with Gasteiger partial charge < -0.3 is 9.52 Å². The molecule has 4 nitrogen and oxygen atoms in total. The fourth-order valence-corrected chi connectivity index (χ4v) is 1.96. The number of rotatable bonds is 5. The van der Waals surface area contributed by atoms with Crippen molar-refractivity contribution in [1.29, 1.82) is 0 Å². The predicted molar refractivity (Wildman–Crippen MR) is 63.1 cm³/mol. The summed E-state index contributed by atoms with van der Waals surface area (Å²) < 4.78 is 42.8. The zero-order valence-corrected chi connectivity index (χ0v) is 12.0. The van der Waals surface area contributed by atoms with Gasteiger partial charge in [-0.05, 0) is 37.9 Å². The number of hydrogen-bond donors (Lipinski definition) is 1. The second-order valence-corrected chi connectivity index (χ2v) is 5.06. The van der Waals surface area contributed by atoms with Gasteiger partial charge in [-0.25, -0.2) is 0 Å². The minimum atomic E-state index is -4.46. The zero-order valence-electron chi connectivity index (χ0n) is 8.80. The van der Waals surface area contributed by atoms with Gasteiger partial charge in [0.1, 0.15) is 5.76 Å². The molecular weight excluding hydrogens is 387 g/mol. The van der Waals surface area contributed by atoms with Crippen LogP contribution in [0.15, 0.2) is 19.6 Å². The van der Waals surface area contributed by atoms with E-state index in [4.69, 9.17) is 9.52 Å². The van der Waals surface area contributed by atoms with Gasteiger partial charge in [-0.1, -0.05) is 0 Å². The number of carbonyl (C=O) groups is 1. The summed E-state index contributed by atoms with van der Waals surface area (Å²) in [6, 6.07) is 1.48. The van der Waals surface area contributed by atoms with Gasteiger partial charge in [0.15, 0.2) is 4.67 Å². The standard InChI is InChI=1S/C9H8Br2F3NO3/c10-6-1-5(18-8(6)11)2-15(3-7(16)17)4-9(12,13)14/h1H,2-4H2,(H,16,17). The molecule has 102 valence electrons. The smallest absolute Gasteiger partial charge is 0.401 e. The van der Waals surface area contributed by atoms with Crippen LogP contribution >= 0.6 is 31.9 Å². The fraction of sp³-hybridized carbons (Fsp3) is 0.444. The van der Waals surface area contributed by atoms with Gasteiger partial charge >= 0.3 is 12.1 Å². The summed E-state index contributed by atoms with van der Waals surface area (Å²) in [4.78, 5) is 11.2. The molecule has 0 aliphatic rings. The monoisotopic (exact) mass is 393 g/mol. The van der Waals surface area contributed by atoms with E-state index >= 15 is 0 Å². The van der Waals surface area contributed by atoms with Crippen LogP contribution in [-0.4, -0.2) is 35.2 Å². The average Bonchev–Trinajstić information content (AvgIpc) is 2.40. The van der Waals surface area contributed by atoms with Crippen molar-refractivity contribution in [2.75, 3.05) is 13.1 Å². The molecule has 0 aromatic carbocycles. The third-order valence-electron chi connectivity index (χ3n) is 1.84. The highest BCUT2D eigenvalue weighted by atomic mass is 79.9. The van der Waals surface area contributed by atoms with Crippen molar-refractivity contribution < 1.29 is 27.5 Å². The van der Waals surface area contributed by atoms with Gasteiger partial charge in [0.05, 0.1) is 24.1 Å². The van der Waals surface area contributed by atoms with Crippen LogP contribution in [0, 0.1) is 0 Å². The number of hydrogen-bond acceptors (Lipinski definition) is 3. The predicted octanol–water partition coefficient (Wildman–Crippen LogP) is 3.25. The normalized spacial score (nSPS) is 12.1. The minimum Gasteiger partial charge on any atom is -0.480 e. The first-order chi connectivity index (χ1) is 8.17. The summed E-state index contributed by atoms with van der Waals surface area (Å²) in [5.74, 6) is -1.09. The Bertz CT molecular complexity index is 414. The van der Waals surface area contributed by atoms with Crippen LogP contribution in [0.4, 0.5) is 13.2 Å². The Hall–Kier alpha value is -0.540. The van der Waals surface area contributed by atoms with Crippen molar-refractivity contribution in [2.24, 2.45) is 0 Å². The number of halogens is 5. The van der Waals surface area contributed by atoms with E-state index in [0.717, 1.165) is 4.90 Å². The third kappa shape index (κ3) is 5.40. The minimum absolute atomic E-state index is 0.235. The Labute approximate surface area is 117 Å². The van der Waals surface area contributed by atoms with Crippen LogP contribution in [0.5, 0.6) is 0 Å². The van der Waals surface area contributed by atoms with Crippen molar-refractivity contribution in [2.45, 2.75) is 12.7 Å². The second-order valence-electron chi connectivity index (χ2n) is 3.49.